The maximum Gasteiger partial charge on any atom is 0.216 e. The maximum absolute atomic E-state index is 10.8. The first-order chi connectivity index (χ1) is 9.97. The number of aliphatic hydroxyl groups excluding tert-OH is 2. The molecule has 21 heavy (non-hydrogen) atoms. The molecule has 0 bridgehead atoms. The topological polar surface area (TPSA) is 124 Å². The van der Waals surface area contributed by atoms with E-state index in [4.69, 9.17) is 5.73 Å². The van der Waals surface area contributed by atoms with E-state index >= 15 is 0 Å². The normalized spacial score (nSPS) is 21.4. The number of aliphatic hydroxyl groups is 2. The van der Waals surface area contributed by atoms with Gasteiger partial charge in [-0.15, -0.1) is 0 Å². The van der Waals surface area contributed by atoms with E-state index in [0.717, 1.165) is 0 Å². The van der Waals surface area contributed by atoms with Crippen LogP contribution in [0.5, 0.6) is 0 Å². The summed E-state index contributed by atoms with van der Waals surface area (Å²) in [5.74, 6) is 1.07. The molecule has 2 rings (SSSR count). The van der Waals surface area contributed by atoms with E-state index in [2.05, 4.69) is 15.6 Å². The summed E-state index contributed by atoms with van der Waals surface area (Å²) in [5, 5.41) is 24.9. The molecule has 0 spiro atoms. The van der Waals surface area contributed by atoms with Gasteiger partial charge in [-0.25, -0.2) is 4.98 Å². The highest BCUT2D eigenvalue weighted by Crippen LogP contribution is 2.24. The zero-order chi connectivity index (χ0) is 15.4. The lowest BCUT2D eigenvalue weighted by Gasteiger charge is -2.18. The summed E-state index contributed by atoms with van der Waals surface area (Å²) in [7, 11) is 0. The molecule has 116 valence electrons. The Morgan fingerprint density at radius 2 is 2.05 bits per heavy atom. The summed E-state index contributed by atoms with van der Waals surface area (Å²) in [6.45, 7) is 3.11. The molecule has 6 N–H and O–H groups in total. The van der Waals surface area contributed by atoms with Crippen LogP contribution in [-0.4, -0.2) is 59.5 Å². The van der Waals surface area contributed by atoms with Crippen LogP contribution in [-0.2, 0) is 4.79 Å². The van der Waals surface area contributed by atoms with Crippen molar-refractivity contribution in [2.24, 2.45) is 0 Å². The van der Waals surface area contributed by atoms with Crippen molar-refractivity contribution in [3.8, 4) is 0 Å². The van der Waals surface area contributed by atoms with Crippen LogP contribution >= 0.6 is 0 Å². The molecule has 1 aromatic heterocycles. The minimum atomic E-state index is -0.763. The third kappa shape index (κ3) is 3.96. The predicted molar refractivity (Wildman–Crippen MR) is 80.0 cm³/mol. The number of hydrogen-bond acceptors (Lipinski definition) is 7. The second-order valence-corrected chi connectivity index (χ2v) is 5.06. The van der Waals surface area contributed by atoms with E-state index in [1.165, 1.54) is 6.92 Å². The summed E-state index contributed by atoms with van der Waals surface area (Å²) in [6, 6.07) is 3.47. The number of nitrogens with zero attached hydrogens (tertiary/aromatic N) is 2. The summed E-state index contributed by atoms with van der Waals surface area (Å²) in [4.78, 5) is 17.0. The molecule has 1 saturated heterocycles. The van der Waals surface area contributed by atoms with Crippen LogP contribution < -0.4 is 21.3 Å². The minimum absolute atomic E-state index is 0.0912. The van der Waals surface area contributed by atoms with Crippen LogP contribution in [0.15, 0.2) is 12.1 Å². The van der Waals surface area contributed by atoms with Gasteiger partial charge in [-0.1, -0.05) is 0 Å². The van der Waals surface area contributed by atoms with E-state index in [0.29, 0.717) is 43.5 Å². The van der Waals surface area contributed by atoms with Crippen LogP contribution in [0.1, 0.15) is 6.92 Å². The molecule has 2 atom stereocenters. The SMILES string of the molecule is CC(=O)NCCNc1nc(N2CC(O)C(O)C2)ccc1N. The second kappa shape index (κ2) is 6.59. The van der Waals surface area contributed by atoms with Crippen LogP contribution in [0.3, 0.4) is 0 Å². The molecular formula is C13H21N5O3. The lowest BCUT2D eigenvalue weighted by molar-refractivity contribution is -0.118. The van der Waals surface area contributed by atoms with Crippen LogP contribution in [0.4, 0.5) is 17.3 Å². The number of β-amino-alcohol motifs (C(OH)–C–C–N with tert-alkyl or cyclic N) is 2. The Balaban J connectivity index is 1.98. The van der Waals surface area contributed by atoms with E-state index in [-0.39, 0.29) is 5.91 Å². The zero-order valence-electron chi connectivity index (χ0n) is 11.9. The fourth-order valence-electron chi connectivity index (χ4n) is 2.15. The quantitative estimate of drug-likeness (QED) is 0.430. The average molecular weight is 295 g/mol. The molecule has 1 fully saturated rings. The monoisotopic (exact) mass is 295 g/mol. The van der Waals surface area contributed by atoms with Crippen molar-refractivity contribution < 1.29 is 15.0 Å². The third-order valence-electron chi connectivity index (χ3n) is 3.29. The molecule has 2 unspecified atom stereocenters. The number of rotatable bonds is 5. The molecule has 2 heterocycles. The lowest BCUT2D eigenvalue weighted by Crippen LogP contribution is -2.27. The van der Waals surface area contributed by atoms with Crippen molar-refractivity contribution in [2.75, 3.05) is 42.1 Å². The Morgan fingerprint density at radius 3 is 2.67 bits per heavy atom. The number of nitrogens with two attached hydrogens (primary N) is 1. The number of nitrogens with one attached hydrogen (secondary N) is 2. The highest BCUT2D eigenvalue weighted by Gasteiger charge is 2.30. The highest BCUT2D eigenvalue weighted by atomic mass is 16.3. The Hall–Kier alpha value is -2.06. The molecular weight excluding hydrogens is 274 g/mol. The number of aromatic nitrogens is 1. The van der Waals surface area contributed by atoms with Gasteiger partial charge in [-0.2, -0.15) is 0 Å². The van der Waals surface area contributed by atoms with Crippen molar-refractivity contribution in [3.63, 3.8) is 0 Å². The minimum Gasteiger partial charge on any atom is -0.396 e. The largest absolute Gasteiger partial charge is 0.396 e. The highest BCUT2D eigenvalue weighted by molar-refractivity contribution is 5.72. The summed E-state index contributed by atoms with van der Waals surface area (Å²) < 4.78 is 0. The molecule has 1 aromatic rings. The first kappa shape index (κ1) is 15.3. The molecule has 1 aliphatic rings. The second-order valence-electron chi connectivity index (χ2n) is 5.06. The van der Waals surface area contributed by atoms with Gasteiger partial charge in [0.25, 0.3) is 0 Å². The maximum atomic E-state index is 10.8. The van der Waals surface area contributed by atoms with Crippen molar-refractivity contribution in [2.45, 2.75) is 19.1 Å². The van der Waals surface area contributed by atoms with Gasteiger partial charge >= 0.3 is 0 Å². The van der Waals surface area contributed by atoms with Gasteiger partial charge in [0, 0.05) is 33.1 Å². The number of carbonyl (C=O) groups excluding carboxylic acids is 1. The number of carbonyl (C=O) groups is 1. The van der Waals surface area contributed by atoms with Crippen molar-refractivity contribution in [1.29, 1.82) is 0 Å². The Kier molecular flexibility index (Phi) is 4.81. The number of anilines is 3. The molecule has 8 nitrogen and oxygen atoms in total. The molecule has 0 saturated carbocycles. The van der Waals surface area contributed by atoms with E-state index < -0.39 is 12.2 Å². The van der Waals surface area contributed by atoms with Gasteiger partial charge in [0.1, 0.15) is 5.82 Å². The van der Waals surface area contributed by atoms with Gasteiger partial charge in [0.05, 0.1) is 17.9 Å². The first-order valence-corrected chi connectivity index (χ1v) is 6.83. The lowest BCUT2D eigenvalue weighted by atomic mass is 10.3. The van der Waals surface area contributed by atoms with E-state index in [1.54, 1.807) is 17.0 Å². The van der Waals surface area contributed by atoms with Gasteiger partial charge < -0.3 is 31.5 Å². The van der Waals surface area contributed by atoms with E-state index in [9.17, 15) is 15.0 Å². The summed E-state index contributed by atoms with van der Waals surface area (Å²) >= 11 is 0. The van der Waals surface area contributed by atoms with E-state index in [1.807, 2.05) is 0 Å². The molecule has 0 aliphatic carbocycles. The number of hydrogen-bond donors (Lipinski definition) is 5. The zero-order valence-corrected chi connectivity index (χ0v) is 11.9. The first-order valence-electron chi connectivity index (χ1n) is 6.83. The smallest absolute Gasteiger partial charge is 0.216 e. The average Bonchev–Trinajstić information content (AvgIpc) is 2.76. The number of pyridine rings is 1. The molecule has 0 radical (unpaired) electrons. The molecule has 1 aliphatic heterocycles. The Bertz CT molecular complexity index is 501. The van der Waals surface area contributed by atoms with Gasteiger partial charge in [0.2, 0.25) is 5.91 Å². The van der Waals surface area contributed by atoms with Gasteiger partial charge in [0.15, 0.2) is 5.82 Å². The van der Waals surface area contributed by atoms with Gasteiger partial charge in [-0.3, -0.25) is 4.79 Å². The van der Waals surface area contributed by atoms with Crippen molar-refractivity contribution in [1.82, 2.24) is 10.3 Å². The summed E-state index contributed by atoms with van der Waals surface area (Å²) in [5.41, 5.74) is 6.36. The predicted octanol–water partition coefficient (Wildman–Crippen LogP) is -1.25. The van der Waals surface area contributed by atoms with Crippen LogP contribution in [0.2, 0.25) is 0 Å². The number of nitrogen functional groups attached to an aromatic ring is 1. The fraction of sp³-hybridized carbons (Fsp3) is 0.538. The summed E-state index contributed by atoms with van der Waals surface area (Å²) in [6.07, 6.45) is -1.53. The molecule has 0 aromatic carbocycles. The van der Waals surface area contributed by atoms with Crippen molar-refractivity contribution in [3.05, 3.63) is 12.1 Å². The molecule has 8 heteroatoms. The fourth-order valence-corrected chi connectivity index (χ4v) is 2.15. The van der Waals surface area contributed by atoms with Crippen LogP contribution in [0.25, 0.3) is 0 Å². The number of amides is 1. The van der Waals surface area contributed by atoms with Crippen molar-refractivity contribution >= 4 is 23.2 Å². The Morgan fingerprint density at radius 1 is 1.38 bits per heavy atom. The van der Waals surface area contributed by atoms with Gasteiger partial charge in [-0.05, 0) is 12.1 Å². The Labute approximate surface area is 123 Å². The third-order valence-corrected chi connectivity index (χ3v) is 3.29. The van der Waals surface area contributed by atoms with Crippen LogP contribution in [0, 0.1) is 0 Å². The molecule has 1 amide bonds. The standard InChI is InChI=1S/C13H21N5O3/c1-8(19)15-4-5-16-13-9(14)2-3-12(17-13)18-6-10(20)11(21)7-18/h2-3,10-11,20-21H,4-7,14H2,1H3,(H,15,19)(H,16,17).